The molecule has 1 fully saturated rings. The molecule has 2 rings (SSSR count). The number of aliphatic hydroxyl groups is 1. The van der Waals surface area contributed by atoms with E-state index in [1.165, 1.54) is 0 Å². The SMILES string of the molecule is COc1ccc(CO)cc1CN1C[C@@H](C)O[C@@H](C)C1. The van der Waals surface area contributed by atoms with E-state index in [2.05, 4.69) is 18.7 Å². The number of ether oxygens (including phenoxy) is 2. The van der Waals surface area contributed by atoms with Crippen LogP contribution in [0.5, 0.6) is 5.75 Å². The third-order valence-electron chi connectivity index (χ3n) is 3.42. The molecule has 4 heteroatoms. The van der Waals surface area contributed by atoms with Gasteiger partial charge in [0.1, 0.15) is 5.75 Å². The standard InChI is InChI=1S/C15H23NO3/c1-11-7-16(8-12(2)19-11)9-14-6-13(10-17)4-5-15(14)18-3/h4-6,11-12,17H,7-10H2,1-3H3/t11-,12+. The van der Waals surface area contributed by atoms with Crippen LogP contribution in [0, 0.1) is 0 Å². The maximum atomic E-state index is 9.24. The molecule has 0 saturated carbocycles. The summed E-state index contributed by atoms with van der Waals surface area (Å²) in [6.45, 7) is 6.95. The fourth-order valence-electron chi connectivity index (χ4n) is 2.71. The zero-order valence-electron chi connectivity index (χ0n) is 11.9. The molecule has 1 aliphatic rings. The summed E-state index contributed by atoms with van der Waals surface area (Å²) in [6, 6.07) is 5.84. The summed E-state index contributed by atoms with van der Waals surface area (Å²) < 4.78 is 11.1. The summed E-state index contributed by atoms with van der Waals surface area (Å²) in [5.41, 5.74) is 2.04. The van der Waals surface area contributed by atoms with Gasteiger partial charge >= 0.3 is 0 Å². The number of rotatable bonds is 4. The van der Waals surface area contributed by atoms with Crippen molar-refractivity contribution < 1.29 is 14.6 Å². The number of aliphatic hydroxyl groups excluding tert-OH is 1. The van der Waals surface area contributed by atoms with Crippen molar-refractivity contribution in [2.45, 2.75) is 39.2 Å². The summed E-state index contributed by atoms with van der Waals surface area (Å²) >= 11 is 0. The van der Waals surface area contributed by atoms with Gasteiger partial charge in [-0.25, -0.2) is 0 Å². The molecule has 0 radical (unpaired) electrons. The van der Waals surface area contributed by atoms with E-state index in [0.29, 0.717) is 0 Å². The minimum absolute atomic E-state index is 0.0624. The van der Waals surface area contributed by atoms with Crippen LogP contribution in [-0.2, 0) is 17.9 Å². The molecule has 19 heavy (non-hydrogen) atoms. The van der Waals surface area contributed by atoms with Gasteiger partial charge in [0.25, 0.3) is 0 Å². The van der Waals surface area contributed by atoms with Crippen LogP contribution in [0.4, 0.5) is 0 Å². The Morgan fingerprint density at radius 1 is 1.32 bits per heavy atom. The van der Waals surface area contributed by atoms with E-state index in [4.69, 9.17) is 9.47 Å². The van der Waals surface area contributed by atoms with Crippen LogP contribution < -0.4 is 4.74 Å². The molecule has 0 aromatic heterocycles. The summed E-state index contributed by atoms with van der Waals surface area (Å²) in [7, 11) is 1.68. The van der Waals surface area contributed by atoms with E-state index in [9.17, 15) is 5.11 Å². The molecule has 0 amide bonds. The highest BCUT2D eigenvalue weighted by Crippen LogP contribution is 2.23. The molecule has 0 bridgehead atoms. The molecular formula is C15H23NO3. The van der Waals surface area contributed by atoms with Gasteiger partial charge in [0, 0.05) is 25.2 Å². The Morgan fingerprint density at radius 3 is 2.58 bits per heavy atom. The molecule has 4 nitrogen and oxygen atoms in total. The van der Waals surface area contributed by atoms with Crippen molar-refractivity contribution in [3.05, 3.63) is 29.3 Å². The van der Waals surface area contributed by atoms with Crippen molar-refractivity contribution in [3.63, 3.8) is 0 Å². The van der Waals surface area contributed by atoms with Crippen molar-refractivity contribution in [3.8, 4) is 5.75 Å². The second-order valence-corrected chi connectivity index (χ2v) is 5.26. The van der Waals surface area contributed by atoms with Gasteiger partial charge in [-0.05, 0) is 31.5 Å². The first-order valence-corrected chi connectivity index (χ1v) is 6.77. The zero-order chi connectivity index (χ0) is 13.8. The van der Waals surface area contributed by atoms with Crippen LogP contribution in [0.1, 0.15) is 25.0 Å². The molecule has 1 saturated heterocycles. The second kappa shape index (κ2) is 6.37. The minimum atomic E-state index is 0.0624. The molecule has 1 aromatic rings. The Balaban J connectivity index is 2.12. The van der Waals surface area contributed by atoms with Crippen molar-refractivity contribution >= 4 is 0 Å². The monoisotopic (exact) mass is 265 g/mol. The van der Waals surface area contributed by atoms with Gasteiger partial charge in [0.2, 0.25) is 0 Å². The maximum absolute atomic E-state index is 9.24. The molecule has 2 atom stereocenters. The fraction of sp³-hybridized carbons (Fsp3) is 0.600. The highest BCUT2D eigenvalue weighted by molar-refractivity contribution is 5.37. The van der Waals surface area contributed by atoms with E-state index in [1.807, 2.05) is 18.2 Å². The van der Waals surface area contributed by atoms with Gasteiger partial charge in [-0.15, -0.1) is 0 Å². The minimum Gasteiger partial charge on any atom is -0.496 e. The molecule has 1 aliphatic heterocycles. The molecular weight excluding hydrogens is 242 g/mol. The van der Waals surface area contributed by atoms with Crippen molar-refractivity contribution in [2.75, 3.05) is 20.2 Å². The summed E-state index contributed by atoms with van der Waals surface area (Å²) in [5, 5.41) is 9.24. The maximum Gasteiger partial charge on any atom is 0.123 e. The van der Waals surface area contributed by atoms with Crippen LogP contribution in [-0.4, -0.2) is 42.4 Å². The van der Waals surface area contributed by atoms with Gasteiger partial charge in [0.05, 0.1) is 25.9 Å². The highest BCUT2D eigenvalue weighted by Gasteiger charge is 2.22. The number of nitrogens with zero attached hydrogens (tertiary/aromatic N) is 1. The van der Waals surface area contributed by atoms with Gasteiger partial charge in [-0.1, -0.05) is 6.07 Å². The molecule has 0 unspecified atom stereocenters. The Morgan fingerprint density at radius 2 is 2.00 bits per heavy atom. The Bertz CT molecular complexity index is 412. The van der Waals surface area contributed by atoms with E-state index >= 15 is 0 Å². The average molecular weight is 265 g/mol. The summed E-state index contributed by atoms with van der Waals surface area (Å²) in [6.07, 6.45) is 0.520. The lowest BCUT2D eigenvalue weighted by Crippen LogP contribution is -2.44. The Hall–Kier alpha value is -1.10. The molecule has 1 N–H and O–H groups in total. The molecule has 0 aliphatic carbocycles. The van der Waals surface area contributed by atoms with Crippen LogP contribution >= 0.6 is 0 Å². The van der Waals surface area contributed by atoms with Gasteiger partial charge in [-0.3, -0.25) is 4.90 Å². The number of morpholine rings is 1. The fourth-order valence-corrected chi connectivity index (χ4v) is 2.71. The number of hydrogen-bond donors (Lipinski definition) is 1. The lowest BCUT2D eigenvalue weighted by Gasteiger charge is -2.35. The first kappa shape index (κ1) is 14.3. The number of hydrogen-bond acceptors (Lipinski definition) is 4. The quantitative estimate of drug-likeness (QED) is 0.901. The number of benzene rings is 1. The topological polar surface area (TPSA) is 41.9 Å². The van der Waals surface area contributed by atoms with Crippen LogP contribution in [0.2, 0.25) is 0 Å². The lowest BCUT2D eigenvalue weighted by molar-refractivity contribution is -0.0706. The van der Waals surface area contributed by atoms with Crippen molar-refractivity contribution in [1.29, 1.82) is 0 Å². The highest BCUT2D eigenvalue weighted by atomic mass is 16.5. The molecule has 1 heterocycles. The second-order valence-electron chi connectivity index (χ2n) is 5.26. The summed E-state index contributed by atoms with van der Waals surface area (Å²) in [4.78, 5) is 2.37. The molecule has 0 spiro atoms. The van der Waals surface area contributed by atoms with Crippen LogP contribution in [0.25, 0.3) is 0 Å². The van der Waals surface area contributed by atoms with Crippen molar-refractivity contribution in [2.24, 2.45) is 0 Å². The third-order valence-corrected chi connectivity index (χ3v) is 3.42. The Labute approximate surface area is 114 Å². The Kier molecular flexibility index (Phi) is 4.80. The van der Waals surface area contributed by atoms with E-state index in [1.54, 1.807) is 7.11 Å². The van der Waals surface area contributed by atoms with Gasteiger partial charge < -0.3 is 14.6 Å². The van der Waals surface area contributed by atoms with E-state index < -0.39 is 0 Å². The lowest BCUT2D eigenvalue weighted by atomic mass is 10.1. The van der Waals surface area contributed by atoms with Gasteiger partial charge in [-0.2, -0.15) is 0 Å². The molecule has 106 valence electrons. The predicted octanol–water partition coefficient (Wildman–Crippen LogP) is 1.80. The predicted molar refractivity (Wildman–Crippen MR) is 74.2 cm³/mol. The van der Waals surface area contributed by atoms with E-state index in [-0.39, 0.29) is 18.8 Å². The largest absolute Gasteiger partial charge is 0.496 e. The third kappa shape index (κ3) is 3.69. The smallest absolute Gasteiger partial charge is 0.123 e. The van der Waals surface area contributed by atoms with Gasteiger partial charge in [0.15, 0.2) is 0 Å². The summed E-state index contributed by atoms with van der Waals surface area (Å²) in [5.74, 6) is 0.879. The average Bonchev–Trinajstić information content (AvgIpc) is 2.37. The normalized spacial score (nSPS) is 24.4. The molecule has 1 aromatic carbocycles. The van der Waals surface area contributed by atoms with Crippen LogP contribution in [0.3, 0.4) is 0 Å². The van der Waals surface area contributed by atoms with Crippen molar-refractivity contribution in [1.82, 2.24) is 4.90 Å². The van der Waals surface area contributed by atoms with E-state index in [0.717, 1.165) is 36.5 Å². The van der Waals surface area contributed by atoms with Crippen LogP contribution in [0.15, 0.2) is 18.2 Å². The first-order chi connectivity index (χ1) is 9.12. The zero-order valence-corrected chi connectivity index (χ0v) is 11.9. The number of methoxy groups -OCH3 is 1. The first-order valence-electron chi connectivity index (χ1n) is 6.77.